The van der Waals surface area contributed by atoms with Crippen LogP contribution in [-0.2, 0) is 9.59 Å². The Balaban J connectivity index is 1.58. The highest BCUT2D eigenvalue weighted by atomic mass is 16.4. The maximum Gasteiger partial charge on any atom is 0.327 e. The Morgan fingerprint density at radius 3 is 2.50 bits per heavy atom. The summed E-state index contributed by atoms with van der Waals surface area (Å²) < 4.78 is 0. The summed E-state index contributed by atoms with van der Waals surface area (Å²) >= 11 is 0. The van der Waals surface area contributed by atoms with E-state index in [4.69, 9.17) is 5.11 Å². The number of amides is 4. The first-order chi connectivity index (χ1) is 11.5. The summed E-state index contributed by atoms with van der Waals surface area (Å²) in [5, 5.41) is 11.7. The largest absolute Gasteiger partial charge is 0.480 e. The maximum atomic E-state index is 12.3. The molecule has 2 saturated heterocycles. The van der Waals surface area contributed by atoms with Crippen LogP contribution in [-0.4, -0.2) is 63.9 Å². The molecule has 2 atom stereocenters. The lowest BCUT2D eigenvalue weighted by Crippen LogP contribution is -2.68. The average Bonchev–Trinajstić information content (AvgIpc) is 3.08. The van der Waals surface area contributed by atoms with Crippen molar-refractivity contribution in [3.8, 4) is 0 Å². The van der Waals surface area contributed by atoms with Crippen LogP contribution < -0.4 is 5.32 Å². The van der Waals surface area contributed by atoms with Crippen LogP contribution in [0.2, 0.25) is 0 Å². The molecule has 2 aliphatic rings. The van der Waals surface area contributed by atoms with E-state index in [1.54, 1.807) is 30.3 Å². The second-order valence-corrected chi connectivity index (χ2v) is 5.81. The zero-order valence-corrected chi connectivity index (χ0v) is 12.8. The number of nitrogens with one attached hydrogen (secondary N) is 1. The second kappa shape index (κ2) is 6.31. The van der Waals surface area contributed by atoms with Gasteiger partial charge in [0.15, 0.2) is 0 Å². The molecular weight excluding hydrogens is 314 g/mol. The third-order valence-corrected chi connectivity index (χ3v) is 4.29. The molecule has 8 nitrogen and oxygen atoms in total. The SMILES string of the molecule is O=C(N[C@H]1CN(C(=O)N2CCC[C@H]2C(=O)O)C1=O)c1ccccc1. The first kappa shape index (κ1) is 16.0. The number of benzene rings is 1. The van der Waals surface area contributed by atoms with Crippen molar-refractivity contribution in [2.75, 3.05) is 13.1 Å². The van der Waals surface area contributed by atoms with Crippen molar-refractivity contribution in [3.63, 3.8) is 0 Å². The van der Waals surface area contributed by atoms with Crippen molar-refractivity contribution in [1.82, 2.24) is 15.1 Å². The highest BCUT2D eigenvalue weighted by Crippen LogP contribution is 2.22. The van der Waals surface area contributed by atoms with Crippen LogP contribution >= 0.6 is 0 Å². The van der Waals surface area contributed by atoms with Gasteiger partial charge in [0, 0.05) is 12.1 Å². The van der Waals surface area contributed by atoms with E-state index in [2.05, 4.69) is 5.32 Å². The van der Waals surface area contributed by atoms with Crippen molar-refractivity contribution < 1.29 is 24.3 Å². The van der Waals surface area contributed by atoms with Gasteiger partial charge in [-0.05, 0) is 25.0 Å². The lowest BCUT2D eigenvalue weighted by molar-refractivity contribution is -0.144. The zero-order valence-electron chi connectivity index (χ0n) is 12.8. The molecular formula is C16H17N3O5. The molecule has 0 bridgehead atoms. The molecule has 0 spiro atoms. The molecule has 0 aliphatic carbocycles. The first-order valence-corrected chi connectivity index (χ1v) is 7.69. The van der Waals surface area contributed by atoms with Crippen LogP contribution in [0, 0.1) is 0 Å². The highest BCUT2D eigenvalue weighted by Gasteiger charge is 2.46. The van der Waals surface area contributed by atoms with E-state index < -0.39 is 30.0 Å². The minimum atomic E-state index is -1.07. The fraction of sp³-hybridized carbons (Fsp3) is 0.375. The molecule has 2 N–H and O–H groups in total. The van der Waals surface area contributed by atoms with Gasteiger partial charge in [-0.25, -0.2) is 9.59 Å². The normalized spacial score (nSPS) is 22.9. The number of nitrogens with zero attached hydrogens (tertiary/aromatic N) is 2. The smallest absolute Gasteiger partial charge is 0.327 e. The third kappa shape index (κ3) is 2.82. The van der Waals surface area contributed by atoms with E-state index in [1.165, 1.54) is 4.90 Å². The van der Waals surface area contributed by atoms with E-state index in [9.17, 15) is 19.2 Å². The molecule has 2 aliphatic heterocycles. The molecule has 0 aromatic heterocycles. The fourth-order valence-electron chi connectivity index (χ4n) is 2.94. The van der Waals surface area contributed by atoms with Crippen LogP contribution in [0.1, 0.15) is 23.2 Å². The van der Waals surface area contributed by atoms with E-state index in [-0.39, 0.29) is 12.5 Å². The van der Waals surface area contributed by atoms with E-state index >= 15 is 0 Å². The Morgan fingerprint density at radius 2 is 1.88 bits per heavy atom. The minimum absolute atomic E-state index is 0.0546. The second-order valence-electron chi connectivity index (χ2n) is 5.81. The number of carboxylic acid groups (broad SMARTS) is 1. The number of rotatable bonds is 3. The van der Waals surface area contributed by atoms with Crippen LogP contribution in [0.5, 0.6) is 0 Å². The Hall–Kier alpha value is -2.90. The van der Waals surface area contributed by atoms with E-state index in [0.717, 1.165) is 4.90 Å². The molecule has 1 aromatic rings. The van der Waals surface area contributed by atoms with Crippen LogP contribution in [0.15, 0.2) is 30.3 Å². The lowest BCUT2D eigenvalue weighted by atomic mass is 10.1. The molecule has 8 heteroatoms. The Labute approximate surface area is 138 Å². The number of carbonyl (C=O) groups is 4. The summed E-state index contributed by atoms with van der Waals surface area (Å²) in [5.41, 5.74) is 0.431. The highest BCUT2D eigenvalue weighted by molar-refractivity contribution is 6.06. The van der Waals surface area contributed by atoms with Crippen molar-refractivity contribution in [3.05, 3.63) is 35.9 Å². The predicted molar refractivity (Wildman–Crippen MR) is 82.2 cm³/mol. The number of likely N-dealkylation sites (tertiary alicyclic amines) is 2. The first-order valence-electron chi connectivity index (χ1n) is 7.69. The summed E-state index contributed by atoms with van der Waals surface area (Å²) in [6.07, 6.45) is 0.982. The number of carboxylic acids is 1. The van der Waals surface area contributed by atoms with Crippen molar-refractivity contribution in [2.24, 2.45) is 0 Å². The van der Waals surface area contributed by atoms with Gasteiger partial charge >= 0.3 is 12.0 Å². The van der Waals surface area contributed by atoms with Crippen LogP contribution in [0.25, 0.3) is 0 Å². The summed E-state index contributed by atoms with van der Waals surface area (Å²) in [6.45, 7) is 0.375. The van der Waals surface area contributed by atoms with Gasteiger partial charge in [0.25, 0.3) is 11.8 Å². The molecule has 0 saturated carbocycles. The van der Waals surface area contributed by atoms with Crippen LogP contribution in [0.3, 0.4) is 0 Å². The average molecular weight is 331 g/mol. The molecule has 3 rings (SSSR count). The summed E-state index contributed by atoms with van der Waals surface area (Å²) in [4.78, 5) is 49.8. The zero-order chi connectivity index (χ0) is 17.3. The molecule has 2 heterocycles. The molecule has 0 radical (unpaired) electrons. The van der Waals surface area contributed by atoms with Crippen molar-refractivity contribution in [1.29, 1.82) is 0 Å². The quantitative estimate of drug-likeness (QED) is 0.775. The number of urea groups is 1. The lowest BCUT2D eigenvalue weighted by Gasteiger charge is -2.39. The summed E-state index contributed by atoms with van der Waals surface area (Å²) in [6, 6.07) is 6.22. The standard InChI is InChI=1S/C16H17N3O5/c20-13(10-5-2-1-3-6-10)17-11-9-19(14(11)21)16(24)18-8-4-7-12(18)15(22)23/h1-3,5-6,11-12H,4,7-9H2,(H,17,20)(H,22,23)/t11-,12-/m0/s1. The fourth-order valence-corrected chi connectivity index (χ4v) is 2.94. The summed E-state index contributed by atoms with van der Waals surface area (Å²) in [5.74, 6) is -1.96. The summed E-state index contributed by atoms with van der Waals surface area (Å²) in [7, 11) is 0. The Bertz CT molecular complexity index is 690. The van der Waals surface area contributed by atoms with Gasteiger partial charge in [-0.1, -0.05) is 18.2 Å². The number of hydrogen-bond donors (Lipinski definition) is 2. The van der Waals surface area contributed by atoms with Crippen LogP contribution in [0.4, 0.5) is 4.79 Å². The third-order valence-electron chi connectivity index (χ3n) is 4.29. The van der Waals surface area contributed by atoms with Gasteiger partial charge < -0.3 is 15.3 Å². The Morgan fingerprint density at radius 1 is 1.17 bits per heavy atom. The van der Waals surface area contributed by atoms with E-state index in [1.807, 2.05) is 0 Å². The molecule has 24 heavy (non-hydrogen) atoms. The van der Waals surface area contributed by atoms with E-state index in [0.29, 0.717) is 24.9 Å². The predicted octanol–water partition coefficient (Wildman–Crippen LogP) is 0.296. The van der Waals surface area contributed by atoms with Gasteiger partial charge in [0.1, 0.15) is 12.1 Å². The van der Waals surface area contributed by atoms with Gasteiger partial charge in [0.05, 0.1) is 6.54 Å². The van der Waals surface area contributed by atoms with Crippen molar-refractivity contribution >= 4 is 23.8 Å². The minimum Gasteiger partial charge on any atom is -0.480 e. The Kier molecular flexibility index (Phi) is 4.20. The maximum absolute atomic E-state index is 12.3. The number of β-lactam (4-membered cyclic amide) rings is 1. The van der Waals surface area contributed by atoms with Gasteiger partial charge in [0.2, 0.25) is 0 Å². The molecule has 4 amide bonds. The number of hydrogen-bond acceptors (Lipinski definition) is 4. The van der Waals surface area contributed by atoms with Gasteiger partial charge in [-0.15, -0.1) is 0 Å². The van der Waals surface area contributed by atoms with Gasteiger partial charge in [-0.2, -0.15) is 0 Å². The number of aliphatic carboxylic acids is 1. The van der Waals surface area contributed by atoms with Gasteiger partial charge in [-0.3, -0.25) is 14.5 Å². The molecule has 1 aromatic carbocycles. The number of imide groups is 1. The molecule has 2 fully saturated rings. The monoisotopic (exact) mass is 331 g/mol. The topological polar surface area (TPSA) is 107 Å². The van der Waals surface area contributed by atoms with Crippen molar-refractivity contribution in [2.45, 2.75) is 24.9 Å². The molecule has 126 valence electrons. The molecule has 0 unspecified atom stereocenters. The number of carbonyl (C=O) groups excluding carboxylic acids is 3.